The molecule has 0 aromatic heterocycles. The highest BCUT2D eigenvalue weighted by molar-refractivity contribution is 7.89. The number of benzene rings is 1. The number of unbranched alkanes of at least 4 members (excludes halogenated alkanes) is 3. The molecule has 2 heterocycles. The zero-order valence-electron chi connectivity index (χ0n) is 19.8. The van der Waals surface area contributed by atoms with Crippen molar-refractivity contribution in [3.05, 3.63) is 29.6 Å². The number of sulfonamides is 1. The Morgan fingerprint density at radius 2 is 1.76 bits per heavy atom. The van der Waals surface area contributed by atoms with Crippen molar-refractivity contribution >= 4 is 15.9 Å². The minimum atomic E-state index is -3.96. The summed E-state index contributed by atoms with van der Waals surface area (Å²) in [7, 11) is -3.96. The Kier molecular flexibility index (Phi) is 10.1. The molecule has 0 radical (unpaired) electrons. The number of piperidine rings is 1. The van der Waals surface area contributed by atoms with Crippen molar-refractivity contribution in [1.29, 1.82) is 0 Å². The van der Waals surface area contributed by atoms with Gasteiger partial charge in [0.1, 0.15) is 10.7 Å². The van der Waals surface area contributed by atoms with Gasteiger partial charge in [0.25, 0.3) is 5.91 Å². The molecule has 3 rings (SSSR count). The molecule has 7 nitrogen and oxygen atoms in total. The smallest absolute Gasteiger partial charge is 0.253 e. The number of nitrogens with zero attached hydrogens (tertiary/aromatic N) is 3. The van der Waals surface area contributed by atoms with Crippen molar-refractivity contribution < 1.29 is 22.3 Å². The maximum absolute atomic E-state index is 14.6. The van der Waals surface area contributed by atoms with E-state index in [-0.39, 0.29) is 11.5 Å². The molecule has 186 valence electrons. The molecule has 0 N–H and O–H groups in total. The van der Waals surface area contributed by atoms with Crippen LogP contribution >= 0.6 is 0 Å². The molecule has 0 spiro atoms. The molecule has 33 heavy (non-hydrogen) atoms. The van der Waals surface area contributed by atoms with E-state index in [2.05, 4.69) is 11.8 Å². The molecule has 0 atom stereocenters. The molecular weight excluding hydrogens is 445 g/mol. The highest BCUT2D eigenvalue weighted by atomic mass is 32.2. The predicted molar refractivity (Wildman–Crippen MR) is 126 cm³/mol. The van der Waals surface area contributed by atoms with Gasteiger partial charge >= 0.3 is 0 Å². The van der Waals surface area contributed by atoms with Crippen LogP contribution < -0.4 is 0 Å². The first kappa shape index (κ1) is 26.1. The molecule has 9 heteroatoms. The Morgan fingerprint density at radius 1 is 1.03 bits per heavy atom. The van der Waals surface area contributed by atoms with Gasteiger partial charge in [-0.1, -0.05) is 32.6 Å². The lowest BCUT2D eigenvalue weighted by Gasteiger charge is -2.30. The molecule has 0 aliphatic carbocycles. The largest absolute Gasteiger partial charge is 0.379 e. The Labute approximate surface area is 197 Å². The van der Waals surface area contributed by atoms with Gasteiger partial charge in [0.15, 0.2) is 0 Å². The van der Waals surface area contributed by atoms with Crippen LogP contribution in [0.4, 0.5) is 4.39 Å². The van der Waals surface area contributed by atoms with Gasteiger partial charge in [-0.3, -0.25) is 9.69 Å². The molecule has 2 aliphatic rings. The van der Waals surface area contributed by atoms with E-state index < -0.39 is 20.7 Å². The lowest BCUT2D eigenvalue weighted by Crippen LogP contribution is -2.43. The monoisotopic (exact) mass is 483 g/mol. The zero-order chi connectivity index (χ0) is 23.7. The highest BCUT2D eigenvalue weighted by Gasteiger charge is 2.30. The Morgan fingerprint density at radius 3 is 2.45 bits per heavy atom. The third-order valence-electron chi connectivity index (χ3n) is 6.47. The first-order chi connectivity index (χ1) is 15.9. The summed E-state index contributed by atoms with van der Waals surface area (Å²) in [5, 5.41) is 0. The zero-order valence-corrected chi connectivity index (χ0v) is 20.6. The highest BCUT2D eigenvalue weighted by Crippen LogP contribution is 2.24. The van der Waals surface area contributed by atoms with Crippen molar-refractivity contribution in [2.75, 3.05) is 59.0 Å². The second kappa shape index (κ2) is 12.8. The van der Waals surface area contributed by atoms with E-state index in [0.717, 1.165) is 70.6 Å². The third-order valence-corrected chi connectivity index (χ3v) is 8.38. The summed E-state index contributed by atoms with van der Waals surface area (Å²) in [4.78, 5) is 17.1. The fraction of sp³-hybridized carbons (Fsp3) is 0.708. The fourth-order valence-electron chi connectivity index (χ4n) is 4.39. The predicted octanol–water partition coefficient (Wildman–Crippen LogP) is 3.36. The number of hydrogen-bond acceptors (Lipinski definition) is 5. The summed E-state index contributed by atoms with van der Waals surface area (Å²) in [6, 6.07) is 3.75. The number of ether oxygens (including phenoxy) is 1. The number of hydrogen-bond donors (Lipinski definition) is 0. The van der Waals surface area contributed by atoms with Crippen LogP contribution in [-0.2, 0) is 14.8 Å². The molecule has 2 saturated heterocycles. The summed E-state index contributed by atoms with van der Waals surface area (Å²) < 4.78 is 47.5. The van der Waals surface area contributed by atoms with Crippen LogP contribution in [-0.4, -0.2) is 87.5 Å². The number of rotatable bonds is 11. The average Bonchev–Trinajstić information content (AvgIpc) is 2.84. The summed E-state index contributed by atoms with van der Waals surface area (Å²) in [6.07, 6.45) is 6.67. The van der Waals surface area contributed by atoms with E-state index in [9.17, 15) is 17.6 Å². The number of morpholine rings is 1. The molecule has 2 fully saturated rings. The summed E-state index contributed by atoms with van der Waals surface area (Å²) in [5.41, 5.74) is 0.226. The Balaban J connectivity index is 1.76. The molecule has 2 aliphatic heterocycles. The summed E-state index contributed by atoms with van der Waals surface area (Å²) >= 11 is 0. The Bertz CT molecular complexity index is 868. The summed E-state index contributed by atoms with van der Waals surface area (Å²) in [5.74, 6) is -1.05. The van der Waals surface area contributed by atoms with E-state index >= 15 is 0 Å². The Hall–Kier alpha value is -1.55. The topological polar surface area (TPSA) is 70.2 Å². The number of carbonyl (C=O) groups excluding carboxylic acids is 1. The van der Waals surface area contributed by atoms with Gasteiger partial charge < -0.3 is 9.64 Å². The van der Waals surface area contributed by atoms with Gasteiger partial charge in [-0.05, 0) is 37.5 Å². The quantitative estimate of drug-likeness (QED) is 0.452. The van der Waals surface area contributed by atoms with Gasteiger partial charge in [0.05, 0.1) is 13.2 Å². The minimum Gasteiger partial charge on any atom is -0.379 e. The van der Waals surface area contributed by atoms with Gasteiger partial charge in [-0.15, -0.1) is 0 Å². The lowest BCUT2D eigenvalue weighted by molar-refractivity contribution is 0.0324. The maximum Gasteiger partial charge on any atom is 0.253 e. The normalized spacial score (nSPS) is 18.4. The first-order valence-electron chi connectivity index (χ1n) is 12.3. The van der Waals surface area contributed by atoms with E-state index in [0.29, 0.717) is 39.4 Å². The minimum absolute atomic E-state index is 0.226. The first-order valence-corrected chi connectivity index (χ1v) is 13.8. The standard InChI is InChI=1S/C24H38FN3O4S/c1-2-3-4-6-11-27(15-14-26-16-18-32-19-17-26)24(29)21-9-10-22(25)23(20-21)33(30,31)28-12-7-5-8-13-28/h9-10,20H,2-8,11-19H2,1H3. The van der Waals surface area contributed by atoms with Crippen LogP contribution in [0.25, 0.3) is 0 Å². The van der Waals surface area contributed by atoms with Gasteiger partial charge in [-0.25, -0.2) is 12.8 Å². The van der Waals surface area contributed by atoms with E-state index in [1.807, 2.05) is 0 Å². The molecule has 1 aromatic carbocycles. The van der Waals surface area contributed by atoms with Crippen LogP contribution in [0, 0.1) is 5.82 Å². The van der Waals surface area contributed by atoms with Crippen LogP contribution in [0.15, 0.2) is 23.1 Å². The van der Waals surface area contributed by atoms with Crippen LogP contribution in [0.2, 0.25) is 0 Å². The SMILES string of the molecule is CCCCCCN(CCN1CCOCC1)C(=O)c1ccc(F)c(S(=O)(=O)N2CCCCC2)c1. The fourth-order valence-corrected chi connectivity index (χ4v) is 6.00. The molecule has 0 unspecified atom stereocenters. The number of halogens is 1. The maximum atomic E-state index is 14.6. The summed E-state index contributed by atoms with van der Waals surface area (Å²) in [6.45, 7) is 7.89. The second-order valence-corrected chi connectivity index (χ2v) is 10.8. The molecule has 1 amide bonds. The van der Waals surface area contributed by atoms with Gasteiger partial charge in [-0.2, -0.15) is 4.31 Å². The lowest BCUT2D eigenvalue weighted by atomic mass is 10.1. The third kappa shape index (κ3) is 7.21. The molecular formula is C24H38FN3O4S. The van der Waals surface area contributed by atoms with E-state index in [1.54, 1.807) is 4.90 Å². The molecule has 1 aromatic rings. The van der Waals surface area contributed by atoms with Crippen LogP contribution in [0.3, 0.4) is 0 Å². The molecule has 0 bridgehead atoms. The average molecular weight is 484 g/mol. The van der Waals surface area contributed by atoms with Crippen molar-refractivity contribution in [3.8, 4) is 0 Å². The van der Waals surface area contributed by atoms with Crippen LogP contribution in [0.5, 0.6) is 0 Å². The van der Waals surface area contributed by atoms with Gasteiger partial charge in [0.2, 0.25) is 10.0 Å². The number of carbonyl (C=O) groups is 1. The van der Waals surface area contributed by atoms with E-state index in [1.165, 1.54) is 16.4 Å². The van der Waals surface area contributed by atoms with Gasteiger partial charge in [0, 0.05) is 51.4 Å². The molecule has 0 saturated carbocycles. The van der Waals surface area contributed by atoms with Crippen molar-refractivity contribution in [3.63, 3.8) is 0 Å². The number of amides is 1. The second-order valence-electron chi connectivity index (χ2n) is 8.92. The van der Waals surface area contributed by atoms with Crippen molar-refractivity contribution in [2.24, 2.45) is 0 Å². The van der Waals surface area contributed by atoms with Crippen molar-refractivity contribution in [1.82, 2.24) is 14.1 Å². The van der Waals surface area contributed by atoms with Crippen LogP contribution in [0.1, 0.15) is 62.2 Å². The van der Waals surface area contributed by atoms with Crippen molar-refractivity contribution in [2.45, 2.75) is 56.8 Å². The van der Waals surface area contributed by atoms with E-state index in [4.69, 9.17) is 4.74 Å².